The van der Waals surface area contributed by atoms with Crippen molar-refractivity contribution >= 4 is 5.82 Å². The molecular weight excluding hydrogens is 198 g/mol. The summed E-state index contributed by atoms with van der Waals surface area (Å²) in [7, 11) is 0. The Morgan fingerprint density at radius 1 is 1.25 bits per heavy atom. The third kappa shape index (κ3) is 2.42. The van der Waals surface area contributed by atoms with E-state index in [0.29, 0.717) is 11.7 Å². The van der Waals surface area contributed by atoms with E-state index >= 15 is 0 Å². The predicted molar refractivity (Wildman–Crippen MR) is 67.0 cm³/mol. The van der Waals surface area contributed by atoms with E-state index in [1.165, 1.54) is 5.56 Å². The number of nitrogen functional groups attached to an aromatic ring is 1. The van der Waals surface area contributed by atoms with Gasteiger partial charge in [-0.15, -0.1) is 0 Å². The van der Waals surface area contributed by atoms with E-state index in [4.69, 9.17) is 5.73 Å². The number of hydrogen-bond donors (Lipinski definition) is 2. The van der Waals surface area contributed by atoms with Gasteiger partial charge in [0.05, 0.1) is 5.69 Å². The molecule has 0 saturated heterocycles. The van der Waals surface area contributed by atoms with Crippen molar-refractivity contribution < 1.29 is 0 Å². The molecule has 0 aliphatic carbocycles. The van der Waals surface area contributed by atoms with Crippen LogP contribution in [0.5, 0.6) is 0 Å². The Morgan fingerprint density at radius 3 is 2.44 bits per heavy atom. The zero-order chi connectivity index (χ0) is 11.5. The maximum Gasteiger partial charge on any atom is 0.145 e. The van der Waals surface area contributed by atoms with E-state index in [1.54, 1.807) is 0 Å². The van der Waals surface area contributed by atoms with E-state index in [1.807, 2.05) is 6.07 Å². The Bertz CT molecular complexity index is 454. The second-order valence-electron chi connectivity index (χ2n) is 4.50. The van der Waals surface area contributed by atoms with Gasteiger partial charge in [0.25, 0.3) is 0 Å². The molecule has 84 valence electrons. The Labute approximate surface area is 95.7 Å². The molecule has 0 unspecified atom stereocenters. The first kappa shape index (κ1) is 10.7. The average Bonchev–Trinajstić information content (AvgIpc) is 2.65. The molecule has 2 aromatic rings. The molecule has 3 heteroatoms. The lowest BCUT2D eigenvalue weighted by Gasteiger charge is -2.05. The van der Waals surface area contributed by atoms with Crippen LogP contribution in [-0.4, -0.2) is 10.2 Å². The molecule has 3 nitrogen and oxygen atoms in total. The fourth-order valence-corrected chi connectivity index (χ4v) is 1.78. The first-order valence-electron chi connectivity index (χ1n) is 5.55. The number of nitrogens with two attached hydrogens (primary N) is 1. The smallest absolute Gasteiger partial charge is 0.145 e. The van der Waals surface area contributed by atoms with Gasteiger partial charge in [-0.25, -0.2) is 0 Å². The van der Waals surface area contributed by atoms with Gasteiger partial charge in [0.2, 0.25) is 0 Å². The number of benzene rings is 1. The maximum atomic E-state index is 5.57. The van der Waals surface area contributed by atoms with Gasteiger partial charge in [-0.05, 0) is 23.5 Å². The molecule has 0 saturated carbocycles. The molecular formula is C13H17N3. The first-order valence-corrected chi connectivity index (χ1v) is 5.55. The zero-order valence-corrected chi connectivity index (χ0v) is 9.70. The van der Waals surface area contributed by atoms with E-state index in [2.05, 4.69) is 48.3 Å². The minimum atomic E-state index is 0.529. The topological polar surface area (TPSA) is 54.7 Å². The van der Waals surface area contributed by atoms with E-state index in [9.17, 15) is 0 Å². The van der Waals surface area contributed by atoms with Crippen LogP contribution in [-0.2, 0) is 6.42 Å². The second-order valence-corrected chi connectivity index (χ2v) is 4.50. The number of nitrogens with zero attached hydrogens (tertiary/aromatic N) is 1. The van der Waals surface area contributed by atoms with Gasteiger partial charge >= 0.3 is 0 Å². The van der Waals surface area contributed by atoms with Crippen molar-refractivity contribution in [3.63, 3.8) is 0 Å². The van der Waals surface area contributed by atoms with Crippen molar-refractivity contribution in [2.75, 3.05) is 5.73 Å². The molecule has 1 heterocycles. The summed E-state index contributed by atoms with van der Waals surface area (Å²) in [6.45, 7) is 4.45. The number of aromatic nitrogens is 2. The Morgan fingerprint density at radius 2 is 1.94 bits per heavy atom. The molecule has 16 heavy (non-hydrogen) atoms. The summed E-state index contributed by atoms with van der Waals surface area (Å²) in [5.74, 6) is 1.22. The lowest BCUT2D eigenvalue weighted by Crippen LogP contribution is -1.93. The van der Waals surface area contributed by atoms with Crippen LogP contribution in [0.15, 0.2) is 30.3 Å². The third-order valence-corrected chi connectivity index (χ3v) is 2.51. The zero-order valence-electron chi connectivity index (χ0n) is 9.70. The highest BCUT2D eigenvalue weighted by Gasteiger charge is 2.02. The second kappa shape index (κ2) is 4.39. The normalized spacial score (nSPS) is 10.9. The van der Waals surface area contributed by atoms with Crippen LogP contribution in [0.3, 0.4) is 0 Å². The molecule has 0 spiro atoms. The van der Waals surface area contributed by atoms with E-state index < -0.39 is 0 Å². The monoisotopic (exact) mass is 215 g/mol. The number of aromatic amines is 1. The minimum absolute atomic E-state index is 0.529. The van der Waals surface area contributed by atoms with Crippen molar-refractivity contribution in [1.82, 2.24) is 10.2 Å². The molecule has 1 aromatic carbocycles. The van der Waals surface area contributed by atoms with Crippen molar-refractivity contribution in [3.05, 3.63) is 35.9 Å². The van der Waals surface area contributed by atoms with Crippen LogP contribution in [0.2, 0.25) is 0 Å². The molecule has 0 aliphatic rings. The van der Waals surface area contributed by atoms with Crippen molar-refractivity contribution in [2.45, 2.75) is 20.3 Å². The minimum Gasteiger partial charge on any atom is -0.382 e. The van der Waals surface area contributed by atoms with Gasteiger partial charge in [0.15, 0.2) is 0 Å². The van der Waals surface area contributed by atoms with Gasteiger partial charge in [-0.3, -0.25) is 5.10 Å². The largest absolute Gasteiger partial charge is 0.382 e. The Balaban J connectivity index is 2.19. The molecule has 0 atom stereocenters. The fourth-order valence-electron chi connectivity index (χ4n) is 1.78. The summed E-state index contributed by atoms with van der Waals surface area (Å²) in [5.41, 5.74) is 9.02. The number of nitrogens with one attached hydrogen (secondary N) is 1. The molecule has 0 fully saturated rings. The number of hydrogen-bond acceptors (Lipinski definition) is 2. The summed E-state index contributed by atoms with van der Waals surface area (Å²) < 4.78 is 0. The highest BCUT2D eigenvalue weighted by Crippen LogP contribution is 2.19. The van der Waals surface area contributed by atoms with E-state index in [0.717, 1.165) is 17.7 Å². The van der Waals surface area contributed by atoms with Gasteiger partial charge in [0, 0.05) is 6.07 Å². The lowest BCUT2D eigenvalue weighted by molar-refractivity contribution is 0.647. The van der Waals surface area contributed by atoms with Gasteiger partial charge in [0.1, 0.15) is 5.82 Å². The lowest BCUT2D eigenvalue weighted by atomic mass is 10.0. The fraction of sp³-hybridized carbons (Fsp3) is 0.308. The van der Waals surface area contributed by atoms with Gasteiger partial charge < -0.3 is 5.73 Å². The molecule has 0 aliphatic heterocycles. The van der Waals surface area contributed by atoms with Crippen LogP contribution >= 0.6 is 0 Å². The Hall–Kier alpha value is -1.77. The summed E-state index contributed by atoms with van der Waals surface area (Å²) in [6, 6.07) is 10.4. The molecule has 0 amide bonds. The molecule has 3 N–H and O–H groups in total. The standard InChI is InChI=1S/C13H17N3/c1-9(2)7-10-3-5-11(6-4-10)12-8-13(14)16-15-12/h3-6,8-9H,7H2,1-2H3,(H3,14,15,16). The summed E-state index contributed by atoms with van der Waals surface area (Å²) in [6.07, 6.45) is 1.12. The van der Waals surface area contributed by atoms with Gasteiger partial charge in [-0.2, -0.15) is 5.10 Å². The SMILES string of the molecule is CC(C)Cc1ccc(-c2cc(N)n[nH]2)cc1. The number of H-pyrrole nitrogens is 1. The van der Waals surface area contributed by atoms with Crippen LogP contribution < -0.4 is 5.73 Å². The summed E-state index contributed by atoms with van der Waals surface area (Å²) >= 11 is 0. The Kier molecular flexibility index (Phi) is 2.95. The van der Waals surface area contributed by atoms with Crippen LogP contribution in [0, 0.1) is 5.92 Å². The van der Waals surface area contributed by atoms with E-state index in [-0.39, 0.29) is 0 Å². The van der Waals surface area contributed by atoms with Crippen LogP contribution in [0.4, 0.5) is 5.82 Å². The molecule has 1 aromatic heterocycles. The van der Waals surface area contributed by atoms with Gasteiger partial charge in [-0.1, -0.05) is 38.1 Å². The number of anilines is 1. The van der Waals surface area contributed by atoms with Crippen molar-refractivity contribution in [2.24, 2.45) is 5.92 Å². The summed E-state index contributed by atoms with van der Waals surface area (Å²) in [4.78, 5) is 0. The van der Waals surface area contributed by atoms with Crippen LogP contribution in [0.1, 0.15) is 19.4 Å². The average molecular weight is 215 g/mol. The van der Waals surface area contributed by atoms with Crippen molar-refractivity contribution in [3.8, 4) is 11.3 Å². The molecule has 0 radical (unpaired) electrons. The van der Waals surface area contributed by atoms with Crippen molar-refractivity contribution in [1.29, 1.82) is 0 Å². The highest BCUT2D eigenvalue weighted by molar-refractivity contribution is 5.62. The third-order valence-electron chi connectivity index (χ3n) is 2.51. The maximum absolute atomic E-state index is 5.57. The summed E-state index contributed by atoms with van der Waals surface area (Å²) in [5, 5.41) is 6.82. The quantitative estimate of drug-likeness (QED) is 0.827. The molecule has 2 rings (SSSR count). The first-order chi connectivity index (χ1) is 7.65. The molecule has 0 bridgehead atoms. The highest BCUT2D eigenvalue weighted by atomic mass is 15.2. The van der Waals surface area contributed by atoms with Crippen LogP contribution in [0.25, 0.3) is 11.3 Å². The predicted octanol–water partition coefficient (Wildman–Crippen LogP) is 2.86. The number of rotatable bonds is 3.